The van der Waals surface area contributed by atoms with Crippen LogP contribution in [0.4, 0.5) is 22.7 Å². The number of hydrogen-bond donors (Lipinski definition) is 3. The number of hydrogen-bond acceptors (Lipinski definition) is 6. The van der Waals surface area contributed by atoms with Crippen molar-refractivity contribution in [2.75, 3.05) is 10.6 Å². The lowest BCUT2D eigenvalue weighted by molar-refractivity contribution is 0.0879. The van der Waals surface area contributed by atoms with Crippen molar-refractivity contribution in [3.05, 3.63) is 82.9 Å². The number of nitriles is 2. The molecule has 29 heavy (non-hydrogen) atoms. The zero-order valence-corrected chi connectivity index (χ0v) is 15.0. The highest BCUT2D eigenvalue weighted by Crippen LogP contribution is 2.34. The van der Waals surface area contributed by atoms with E-state index in [0.717, 1.165) is 0 Å². The zero-order valence-electron chi connectivity index (χ0n) is 15.0. The largest absolute Gasteiger partial charge is 0.353 e. The van der Waals surface area contributed by atoms with Crippen molar-refractivity contribution < 1.29 is 9.59 Å². The van der Waals surface area contributed by atoms with Crippen molar-refractivity contribution in [3.63, 3.8) is 0 Å². The van der Waals surface area contributed by atoms with Crippen molar-refractivity contribution in [1.29, 1.82) is 10.5 Å². The summed E-state index contributed by atoms with van der Waals surface area (Å²) >= 11 is 0. The van der Waals surface area contributed by atoms with Crippen LogP contribution in [0.1, 0.15) is 31.8 Å². The highest BCUT2D eigenvalue weighted by atomic mass is 16.2. The van der Waals surface area contributed by atoms with Gasteiger partial charge in [0.1, 0.15) is 12.1 Å². The van der Waals surface area contributed by atoms with E-state index in [-0.39, 0.29) is 11.1 Å². The van der Waals surface area contributed by atoms with Gasteiger partial charge in [0.25, 0.3) is 11.8 Å². The fourth-order valence-corrected chi connectivity index (χ4v) is 3.09. The summed E-state index contributed by atoms with van der Waals surface area (Å²) in [5.41, 5.74) is 3.42. The number of carbonyl (C=O) groups is 2. The molecule has 0 fully saturated rings. The van der Waals surface area contributed by atoms with Gasteiger partial charge < -0.3 is 10.6 Å². The standard InChI is InChI=1S/C22H13N5O2/c23-11-13-5-1-3-7-17(13)25-19-9-15-16(22(29)27-21(15)28)10-20(19)26-18-8-4-2-6-14(18)12-24/h1-10,25-26H,(H,27,28,29). The first-order valence-corrected chi connectivity index (χ1v) is 8.66. The lowest BCUT2D eigenvalue weighted by Gasteiger charge is -2.16. The fourth-order valence-electron chi connectivity index (χ4n) is 3.09. The number of nitrogens with zero attached hydrogens (tertiary/aromatic N) is 2. The molecule has 0 spiro atoms. The van der Waals surface area contributed by atoms with Gasteiger partial charge in [0.15, 0.2) is 0 Å². The first kappa shape index (κ1) is 17.8. The maximum atomic E-state index is 12.1. The molecule has 0 aliphatic carbocycles. The minimum Gasteiger partial charge on any atom is -0.353 e. The Bertz CT molecular complexity index is 1150. The molecule has 0 saturated carbocycles. The van der Waals surface area contributed by atoms with E-state index in [0.29, 0.717) is 33.9 Å². The Morgan fingerprint density at radius 2 is 1.07 bits per heavy atom. The molecule has 3 N–H and O–H groups in total. The van der Waals surface area contributed by atoms with Crippen molar-refractivity contribution in [2.45, 2.75) is 0 Å². The van der Waals surface area contributed by atoms with Crippen LogP contribution in [-0.4, -0.2) is 11.8 Å². The Balaban J connectivity index is 1.84. The molecule has 1 aliphatic rings. The van der Waals surface area contributed by atoms with Crippen LogP contribution in [0.3, 0.4) is 0 Å². The summed E-state index contributed by atoms with van der Waals surface area (Å²) < 4.78 is 0. The summed E-state index contributed by atoms with van der Waals surface area (Å²) in [5.74, 6) is -0.962. The Hall–Kier alpha value is -4.62. The number of rotatable bonds is 4. The van der Waals surface area contributed by atoms with Gasteiger partial charge in [0.05, 0.1) is 45.0 Å². The molecule has 0 radical (unpaired) electrons. The zero-order chi connectivity index (χ0) is 20.4. The second-order valence-electron chi connectivity index (χ2n) is 6.29. The van der Waals surface area contributed by atoms with Crippen molar-refractivity contribution in [1.82, 2.24) is 5.32 Å². The van der Waals surface area contributed by atoms with Gasteiger partial charge in [-0.15, -0.1) is 0 Å². The second kappa shape index (κ2) is 7.18. The Kier molecular flexibility index (Phi) is 4.40. The fraction of sp³-hybridized carbons (Fsp3) is 0. The molecule has 2 amide bonds. The monoisotopic (exact) mass is 379 g/mol. The Morgan fingerprint density at radius 1 is 0.655 bits per heavy atom. The number of nitrogens with one attached hydrogen (secondary N) is 3. The molecule has 7 heteroatoms. The van der Waals surface area contributed by atoms with Crippen LogP contribution >= 0.6 is 0 Å². The highest BCUT2D eigenvalue weighted by molar-refractivity contribution is 6.22. The minimum absolute atomic E-state index is 0.242. The molecule has 1 heterocycles. The average molecular weight is 379 g/mol. The summed E-state index contributed by atoms with van der Waals surface area (Å²) in [6, 6.07) is 21.2. The Labute approximate surface area is 166 Å². The van der Waals surface area contributed by atoms with Crippen LogP contribution in [0.2, 0.25) is 0 Å². The molecule has 1 aliphatic heterocycles. The normalized spacial score (nSPS) is 11.8. The molecule has 0 unspecified atom stereocenters. The Morgan fingerprint density at radius 3 is 1.48 bits per heavy atom. The maximum Gasteiger partial charge on any atom is 0.259 e. The molecular weight excluding hydrogens is 366 g/mol. The summed E-state index contributed by atoms with van der Waals surface area (Å²) in [7, 11) is 0. The van der Waals surface area contributed by atoms with Gasteiger partial charge in [0, 0.05) is 0 Å². The predicted molar refractivity (Wildman–Crippen MR) is 107 cm³/mol. The minimum atomic E-state index is -0.481. The number of amides is 2. The second-order valence-corrected chi connectivity index (χ2v) is 6.29. The van der Waals surface area contributed by atoms with Crippen molar-refractivity contribution in [3.8, 4) is 12.1 Å². The van der Waals surface area contributed by atoms with Crippen LogP contribution in [0.25, 0.3) is 0 Å². The molecule has 3 aromatic rings. The van der Waals surface area contributed by atoms with Gasteiger partial charge in [-0.25, -0.2) is 0 Å². The van der Waals surface area contributed by atoms with E-state index in [1.165, 1.54) is 0 Å². The molecule has 4 rings (SSSR count). The highest BCUT2D eigenvalue weighted by Gasteiger charge is 2.28. The van der Waals surface area contributed by atoms with Crippen LogP contribution < -0.4 is 16.0 Å². The van der Waals surface area contributed by atoms with E-state index in [1.54, 1.807) is 60.7 Å². The van der Waals surface area contributed by atoms with Crippen LogP contribution in [0.15, 0.2) is 60.7 Å². The molecule has 7 nitrogen and oxygen atoms in total. The smallest absolute Gasteiger partial charge is 0.259 e. The van der Waals surface area contributed by atoms with Crippen LogP contribution in [0.5, 0.6) is 0 Å². The topological polar surface area (TPSA) is 118 Å². The van der Waals surface area contributed by atoms with Crippen molar-refractivity contribution in [2.24, 2.45) is 0 Å². The molecule has 0 saturated heterocycles. The van der Waals surface area contributed by atoms with E-state index in [9.17, 15) is 20.1 Å². The number of fused-ring (bicyclic) bond motifs is 1. The van der Waals surface area contributed by atoms with E-state index < -0.39 is 11.8 Å². The van der Waals surface area contributed by atoms with Gasteiger partial charge in [-0.3, -0.25) is 14.9 Å². The van der Waals surface area contributed by atoms with E-state index in [2.05, 4.69) is 28.1 Å². The predicted octanol–water partition coefficient (Wildman–Crippen LogP) is 3.80. The van der Waals surface area contributed by atoms with Gasteiger partial charge in [0.2, 0.25) is 0 Å². The first-order valence-electron chi connectivity index (χ1n) is 8.66. The SMILES string of the molecule is N#Cc1ccccc1Nc1cc2c(cc1Nc1ccccc1C#N)C(=O)NC2=O. The first-order chi connectivity index (χ1) is 14.1. The van der Waals surface area contributed by atoms with Crippen molar-refractivity contribution >= 4 is 34.6 Å². The number of imide groups is 1. The molecule has 0 atom stereocenters. The van der Waals surface area contributed by atoms with E-state index >= 15 is 0 Å². The lowest BCUT2D eigenvalue weighted by Crippen LogP contribution is -2.19. The molecule has 0 bridgehead atoms. The third kappa shape index (κ3) is 3.25. The van der Waals surface area contributed by atoms with E-state index in [1.807, 2.05) is 0 Å². The summed E-state index contributed by atoms with van der Waals surface area (Å²) in [6.07, 6.45) is 0. The third-order valence-corrected chi connectivity index (χ3v) is 4.51. The van der Waals surface area contributed by atoms with Gasteiger partial charge in [-0.1, -0.05) is 24.3 Å². The van der Waals surface area contributed by atoms with Gasteiger partial charge in [-0.2, -0.15) is 10.5 Å². The van der Waals surface area contributed by atoms with Crippen LogP contribution in [0, 0.1) is 22.7 Å². The average Bonchev–Trinajstić information content (AvgIpc) is 3.01. The molecular formula is C22H13N5O2. The van der Waals surface area contributed by atoms with Gasteiger partial charge in [-0.05, 0) is 36.4 Å². The molecule has 3 aromatic carbocycles. The molecule has 0 aromatic heterocycles. The number of benzene rings is 3. The summed E-state index contributed by atoms with van der Waals surface area (Å²) in [5, 5.41) is 27.3. The lowest BCUT2D eigenvalue weighted by atomic mass is 10.1. The number of para-hydroxylation sites is 2. The van der Waals surface area contributed by atoms with E-state index in [4.69, 9.17) is 0 Å². The van der Waals surface area contributed by atoms with Gasteiger partial charge >= 0.3 is 0 Å². The molecule has 138 valence electrons. The number of anilines is 4. The number of carbonyl (C=O) groups excluding carboxylic acids is 2. The summed E-state index contributed by atoms with van der Waals surface area (Å²) in [6.45, 7) is 0. The van der Waals surface area contributed by atoms with Crippen LogP contribution in [-0.2, 0) is 0 Å². The third-order valence-electron chi connectivity index (χ3n) is 4.51. The maximum absolute atomic E-state index is 12.1. The quantitative estimate of drug-likeness (QED) is 0.594. The summed E-state index contributed by atoms with van der Waals surface area (Å²) in [4.78, 5) is 24.2.